The van der Waals surface area contributed by atoms with Crippen LogP contribution in [0, 0.1) is 20.8 Å². The van der Waals surface area contributed by atoms with Crippen LogP contribution in [0.1, 0.15) is 22.3 Å². The minimum absolute atomic E-state index is 0.488. The molecule has 0 unspecified atom stereocenters. The first-order chi connectivity index (χ1) is 11.6. The predicted molar refractivity (Wildman–Crippen MR) is 97.5 cm³/mol. The van der Waals surface area contributed by atoms with Crippen LogP contribution in [0.4, 0.5) is 17.5 Å². The molecule has 0 aliphatic heterocycles. The van der Waals surface area contributed by atoms with Gasteiger partial charge in [0.05, 0.1) is 6.20 Å². The molecule has 0 amide bonds. The Balaban J connectivity index is 1.74. The summed E-state index contributed by atoms with van der Waals surface area (Å²) in [5.41, 5.74) is 5.81. The number of rotatable bonds is 5. The van der Waals surface area contributed by atoms with E-state index in [2.05, 4.69) is 70.9 Å². The van der Waals surface area contributed by atoms with E-state index >= 15 is 0 Å². The molecule has 0 radical (unpaired) electrons. The summed E-state index contributed by atoms with van der Waals surface area (Å²) in [6.07, 6.45) is 1.63. The largest absolute Gasteiger partial charge is 0.365 e. The zero-order valence-corrected chi connectivity index (χ0v) is 14.2. The summed E-state index contributed by atoms with van der Waals surface area (Å²) < 4.78 is 0. The third-order valence-electron chi connectivity index (χ3n) is 4.00. The Morgan fingerprint density at radius 2 is 1.58 bits per heavy atom. The topological polar surface area (TPSA) is 62.7 Å². The standard InChI is InChI=1S/C19H21N5/c1-13-7-4-5-10-16(13)11-20-17-12-21-24-19(22-17)23-18-14(2)8-6-9-15(18)3/h4-10,12H,11H2,1-3H3,(H2,20,22,23,24). The van der Waals surface area contributed by atoms with E-state index in [0.29, 0.717) is 18.3 Å². The lowest BCUT2D eigenvalue weighted by atomic mass is 10.1. The normalized spacial score (nSPS) is 10.5. The molecule has 5 heteroatoms. The van der Waals surface area contributed by atoms with Gasteiger partial charge in [-0.25, -0.2) is 0 Å². The number of nitrogens with zero attached hydrogens (tertiary/aromatic N) is 3. The summed E-state index contributed by atoms with van der Waals surface area (Å²) in [5.74, 6) is 1.18. The first-order valence-corrected chi connectivity index (χ1v) is 7.95. The van der Waals surface area contributed by atoms with Crippen molar-refractivity contribution in [3.63, 3.8) is 0 Å². The van der Waals surface area contributed by atoms with Crippen molar-refractivity contribution in [3.8, 4) is 0 Å². The summed E-state index contributed by atoms with van der Waals surface area (Å²) in [4.78, 5) is 4.50. The van der Waals surface area contributed by atoms with Crippen LogP contribution in [0.5, 0.6) is 0 Å². The van der Waals surface area contributed by atoms with Gasteiger partial charge in [-0.2, -0.15) is 10.1 Å². The van der Waals surface area contributed by atoms with Gasteiger partial charge in [-0.1, -0.05) is 42.5 Å². The quantitative estimate of drug-likeness (QED) is 0.739. The molecule has 0 fully saturated rings. The first kappa shape index (κ1) is 15.9. The molecule has 1 aromatic heterocycles. The van der Waals surface area contributed by atoms with E-state index in [0.717, 1.165) is 16.8 Å². The molecule has 2 N–H and O–H groups in total. The number of benzene rings is 2. The number of para-hydroxylation sites is 1. The van der Waals surface area contributed by atoms with Gasteiger partial charge in [0.2, 0.25) is 5.95 Å². The fourth-order valence-corrected chi connectivity index (χ4v) is 2.56. The molecule has 3 aromatic rings. The molecule has 24 heavy (non-hydrogen) atoms. The monoisotopic (exact) mass is 319 g/mol. The van der Waals surface area contributed by atoms with Gasteiger partial charge in [0, 0.05) is 12.2 Å². The van der Waals surface area contributed by atoms with E-state index in [1.807, 2.05) is 18.2 Å². The molecule has 0 saturated heterocycles. The number of anilines is 3. The number of aryl methyl sites for hydroxylation is 3. The van der Waals surface area contributed by atoms with Crippen LogP contribution in [0.3, 0.4) is 0 Å². The maximum Gasteiger partial charge on any atom is 0.249 e. The number of aromatic nitrogens is 3. The molecule has 0 aliphatic carbocycles. The average molecular weight is 319 g/mol. The molecule has 0 aliphatic rings. The van der Waals surface area contributed by atoms with Crippen LogP contribution in [0.25, 0.3) is 0 Å². The van der Waals surface area contributed by atoms with Gasteiger partial charge in [0.15, 0.2) is 5.82 Å². The van der Waals surface area contributed by atoms with E-state index < -0.39 is 0 Å². The van der Waals surface area contributed by atoms with Crippen LogP contribution < -0.4 is 10.6 Å². The number of nitrogens with one attached hydrogen (secondary N) is 2. The number of hydrogen-bond donors (Lipinski definition) is 2. The molecular formula is C19H21N5. The Bertz CT molecular complexity index is 824. The van der Waals surface area contributed by atoms with Crippen molar-refractivity contribution >= 4 is 17.5 Å². The second-order valence-electron chi connectivity index (χ2n) is 5.84. The minimum atomic E-state index is 0.488. The Morgan fingerprint density at radius 3 is 2.33 bits per heavy atom. The maximum absolute atomic E-state index is 4.50. The van der Waals surface area contributed by atoms with Crippen LogP contribution in [0.15, 0.2) is 48.7 Å². The van der Waals surface area contributed by atoms with E-state index in [1.54, 1.807) is 6.20 Å². The van der Waals surface area contributed by atoms with Crippen molar-refractivity contribution in [2.24, 2.45) is 0 Å². The second-order valence-corrected chi connectivity index (χ2v) is 5.84. The van der Waals surface area contributed by atoms with Gasteiger partial charge in [0.25, 0.3) is 0 Å². The lowest BCUT2D eigenvalue weighted by molar-refractivity contribution is 0.963. The fourth-order valence-electron chi connectivity index (χ4n) is 2.56. The van der Waals surface area contributed by atoms with E-state index in [1.165, 1.54) is 11.1 Å². The second kappa shape index (κ2) is 7.08. The van der Waals surface area contributed by atoms with Crippen molar-refractivity contribution in [1.82, 2.24) is 15.2 Å². The van der Waals surface area contributed by atoms with Crippen molar-refractivity contribution in [2.45, 2.75) is 27.3 Å². The van der Waals surface area contributed by atoms with Crippen LogP contribution in [-0.4, -0.2) is 15.2 Å². The first-order valence-electron chi connectivity index (χ1n) is 7.95. The summed E-state index contributed by atoms with van der Waals surface area (Å²) >= 11 is 0. The van der Waals surface area contributed by atoms with Crippen molar-refractivity contribution in [3.05, 3.63) is 70.9 Å². The van der Waals surface area contributed by atoms with Crippen molar-refractivity contribution < 1.29 is 0 Å². The molecule has 3 rings (SSSR count). The Morgan fingerprint density at radius 1 is 0.875 bits per heavy atom. The van der Waals surface area contributed by atoms with Crippen LogP contribution >= 0.6 is 0 Å². The zero-order chi connectivity index (χ0) is 16.9. The van der Waals surface area contributed by atoms with Gasteiger partial charge in [-0.15, -0.1) is 5.10 Å². The van der Waals surface area contributed by atoms with Crippen LogP contribution in [0.2, 0.25) is 0 Å². The van der Waals surface area contributed by atoms with E-state index in [-0.39, 0.29) is 0 Å². The van der Waals surface area contributed by atoms with E-state index in [4.69, 9.17) is 0 Å². The molecule has 1 heterocycles. The SMILES string of the molecule is Cc1ccccc1CNc1cnnc(Nc2c(C)cccc2C)n1. The summed E-state index contributed by atoms with van der Waals surface area (Å²) in [6.45, 7) is 6.92. The minimum Gasteiger partial charge on any atom is -0.365 e. The highest BCUT2D eigenvalue weighted by molar-refractivity contribution is 5.63. The lowest BCUT2D eigenvalue weighted by Gasteiger charge is -2.12. The smallest absolute Gasteiger partial charge is 0.249 e. The van der Waals surface area contributed by atoms with Gasteiger partial charge >= 0.3 is 0 Å². The zero-order valence-electron chi connectivity index (χ0n) is 14.2. The molecule has 0 spiro atoms. The third kappa shape index (κ3) is 3.68. The summed E-state index contributed by atoms with van der Waals surface area (Å²) in [6, 6.07) is 14.4. The third-order valence-corrected chi connectivity index (χ3v) is 4.00. The fraction of sp³-hybridized carbons (Fsp3) is 0.211. The Labute approximate surface area is 142 Å². The highest BCUT2D eigenvalue weighted by atomic mass is 15.3. The average Bonchev–Trinajstić information content (AvgIpc) is 2.58. The highest BCUT2D eigenvalue weighted by Crippen LogP contribution is 2.22. The van der Waals surface area contributed by atoms with Crippen LogP contribution in [-0.2, 0) is 6.54 Å². The summed E-state index contributed by atoms with van der Waals surface area (Å²) in [7, 11) is 0. The molecule has 0 atom stereocenters. The lowest BCUT2D eigenvalue weighted by Crippen LogP contribution is -2.07. The maximum atomic E-state index is 4.50. The Hall–Kier alpha value is -2.95. The van der Waals surface area contributed by atoms with Gasteiger partial charge < -0.3 is 10.6 Å². The predicted octanol–water partition coefficient (Wildman–Crippen LogP) is 4.15. The molecule has 5 nitrogen and oxygen atoms in total. The van der Waals surface area contributed by atoms with E-state index in [9.17, 15) is 0 Å². The summed E-state index contributed by atoms with van der Waals surface area (Å²) in [5, 5.41) is 14.7. The molecular weight excluding hydrogens is 298 g/mol. The van der Waals surface area contributed by atoms with Crippen molar-refractivity contribution in [1.29, 1.82) is 0 Å². The van der Waals surface area contributed by atoms with Gasteiger partial charge in [0.1, 0.15) is 0 Å². The van der Waals surface area contributed by atoms with Gasteiger partial charge in [-0.3, -0.25) is 0 Å². The number of hydrogen-bond acceptors (Lipinski definition) is 5. The molecule has 0 saturated carbocycles. The molecule has 0 bridgehead atoms. The van der Waals surface area contributed by atoms with Gasteiger partial charge in [-0.05, 0) is 43.0 Å². The molecule has 2 aromatic carbocycles. The Kier molecular flexibility index (Phi) is 4.70. The van der Waals surface area contributed by atoms with Crippen molar-refractivity contribution in [2.75, 3.05) is 10.6 Å². The molecule has 122 valence electrons. The highest BCUT2D eigenvalue weighted by Gasteiger charge is 2.06.